The minimum Gasteiger partial charge on any atom is -0.481 e. The summed E-state index contributed by atoms with van der Waals surface area (Å²) < 4.78 is 63.7. The van der Waals surface area contributed by atoms with Crippen molar-refractivity contribution in [3.8, 4) is 0 Å². The summed E-state index contributed by atoms with van der Waals surface area (Å²) >= 11 is 12.1. The number of alkyl halides is 3. The number of carboxylic acids is 1. The highest BCUT2D eigenvalue weighted by molar-refractivity contribution is 7.89. The Labute approximate surface area is 137 Å². The molecule has 1 fully saturated rings. The van der Waals surface area contributed by atoms with Crippen LogP contribution in [0.4, 0.5) is 13.2 Å². The molecule has 12 heteroatoms. The molecule has 1 aromatic heterocycles. The van der Waals surface area contributed by atoms with Crippen LogP contribution in [0, 0.1) is 11.8 Å². The number of carbonyl (C=O) groups is 1. The van der Waals surface area contributed by atoms with Crippen LogP contribution in [-0.4, -0.2) is 43.1 Å². The number of nitrogens with zero attached hydrogens (tertiary/aromatic N) is 1. The van der Waals surface area contributed by atoms with Gasteiger partial charge in [0.2, 0.25) is 10.0 Å². The fourth-order valence-electron chi connectivity index (χ4n) is 2.19. The Morgan fingerprint density at radius 2 is 1.95 bits per heavy atom. The number of hydrogen-bond acceptors (Lipinski definition) is 4. The first-order chi connectivity index (χ1) is 9.94. The zero-order valence-electron chi connectivity index (χ0n) is 10.5. The minimum atomic E-state index is -4.82. The predicted molar refractivity (Wildman–Crippen MR) is 73.8 cm³/mol. The van der Waals surface area contributed by atoms with Crippen LogP contribution in [0.2, 0.25) is 8.67 Å². The average Bonchev–Trinajstić information content (AvgIpc) is 2.92. The Balaban J connectivity index is 2.38. The fourth-order valence-corrected chi connectivity index (χ4v) is 5.79. The fraction of sp³-hybridized carbons (Fsp3) is 0.500. The third kappa shape index (κ3) is 3.21. The van der Waals surface area contributed by atoms with Crippen LogP contribution in [0.15, 0.2) is 11.0 Å². The van der Waals surface area contributed by atoms with Crippen LogP contribution in [0.1, 0.15) is 0 Å². The number of rotatable bonds is 3. The van der Waals surface area contributed by atoms with Gasteiger partial charge in [0.1, 0.15) is 9.23 Å². The number of hydrogen-bond donors (Lipinski definition) is 1. The molecule has 2 heterocycles. The molecular formula is C10H8Cl2F3NO4S2. The van der Waals surface area contributed by atoms with E-state index in [1.165, 1.54) is 0 Å². The average molecular weight is 398 g/mol. The van der Waals surface area contributed by atoms with Gasteiger partial charge >= 0.3 is 12.1 Å². The molecule has 0 bridgehead atoms. The van der Waals surface area contributed by atoms with Crippen LogP contribution in [0.25, 0.3) is 0 Å². The van der Waals surface area contributed by atoms with Gasteiger partial charge in [-0.3, -0.25) is 4.79 Å². The third-order valence-corrected chi connectivity index (χ3v) is 6.85. The summed E-state index contributed by atoms with van der Waals surface area (Å²) in [5.41, 5.74) is 0. The minimum absolute atomic E-state index is 0.0601. The standard InChI is InChI=1S/C10H8Cl2F3NO4S2/c11-7-1-6(8(12)21-7)22(19,20)16-2-4(9(17)18)5(3-16)10(13,14)15/h1,4-5H,2-3H2,(H,17,18)/t4-,5-/m1/s1. The summed E-state index contributed by atoms with van der Waals surface area (Å²) in [6.45, 7) is -1.74. The largest absolute Gasteiger partial charge is 0.481 e. The number of carboxylic acid groups (broad SMARTS) is 1. The van der Waals surface area contributed by atoms with E-state index < -0.39 is 52.0 Å². The molecule has 0 unspecified atom stereocenters. The summed E-state index contributed by atoms with van der Waals surface area (Å²) in [4.78, 5) is 10.6. The van der Waals surface area contributed by atoms with Crippen LogP contribution in [0.5, 0.6) is 0 Å². The van der Waals surface area contributed by atoms with Crippen molar-refractivity contribution in [3.63, 3.8) is 0 Å². The zero-order valence-corrected chi connectivity index (χ0v) is 13.6. The maximum Gasteiger partial charge on any atom is 0.393 e. The van der Waals surface area contributed by atoms with Crippen LogP contribution in [-0.2, 0) is 14.8 Å². The van der Waals surface area contributed by atoms with Crippen molar-refractivity contribution in [2.45, 2.75) is 11.1 Å². The van der Waals surface area contributed by atoms with Gasteiger partial charge in [-0.2, -0.15) is 17.5 Å². The first-order valence-electron chi connectivity index (χ1n) is 5.69. The third-order valence-electron chi connectivity index (χ3n) is 3.27. The van der Waals surface area contributed by atoms with Gasteiger partial charge in [0.05, 0.1) is 16.2 Å². The van der Waals surface area contributed by atoms with E-state index in [1.54, 1.807) is 0 Å². The second-order valence-corrected chi connectivity index (χ2v) is 8.80. The van der Waals surface area contributed by atoms with Crippen LogP contribution in [0.3, 0.4) is 0 Å². The number of thiophene rings is 1. The lowest BCUT2D eigenvalue weighted by Crippen LogP contribution is -2.34. The first-order valence-corrected chi connectivity index (χ1v) is 8.70. The highest BCUT2D eigenvalue weighted by atomic mass is 35.5. The molecule has 1 aliphatic heterocycles. The van der Waals surface area contributed by atoms with E-state index in [0.29, 0.717) is 4.31 Å². The summed E-state index contributed by atoms with van der Waals surface area (Å²) in [6.07, 6.45) is -4.82. The molecule has 0 spiro atoms. The van der Waals surface area contributed by atoms with E-state index in [0.717, 1.165) is 17.4 Å². The molecule has 22 heavy (non-hydrogen) atoms. The van der Waals surface area contributed by atoms with Gasteiger partial charge in [-0.15, -0.1) is 11.3 Å². The highest BCUT2D eigenvalue weighted by Crippen LogP contribution is 2.42. The molecule has 2 rings (SSSR count). The molecular weight excluding hydrogens is 390 g/mol. The van der Waals surface area contributed by atoms with Crippen molar-refractivity contribution in [3.05, 3.63) is 14.7 Å². The van der Waals surface area contributed by atoms with Crippen LogP contribution < -0.4 is 0 Å². The van der Waals surface area contributed by atoms with Gasteiger partial charge in [-0.1, -0.05) is 23.2 Å². The van der Waals surface area contributed by atoms with Gasteiger partial charge in [0.25, 0.3) is 0 Å². The number of sulfonamides is 1. The Morgan fingerprint density at radius 3 is 2.32 bits per heavy atom. The Kier molecular flexibility index (Phi) is 4.71. The lowest BCUT2D eigenvalue weighted by molar-refractivity contribution is -0.187. The second kappa shape index (κ2) is 5.82. The van der Waals surface area contributed by atoms with Crippen molar-refractivity contribution >= 4 is 50.5 Å². The summed E-state index contributed by atoms with van der Waals surface area (Å²) in [6, 6.07) is 1.03. The topological polar surface area (TPSA) is 74.7 Å². The van der Waals surface area contributed by atoms with Crippen molar-refractivity contribution in [2.75, 3.05) is 13.1 Å². The molecule has 5 nitrogen and oxygen atoms in total. The molecule has 0 amide bonds. The molecule has 2 atom stereocenters. The van der Waals surface area contributed by atoms with Crippen molar-refractivity contribution < 1.29 is 31.5 Å². The molecule has 0 radical (unpaired) electrons. The van der Waals surface area contributed by atoms with Crippen LogP contribution >= 0.6 is 34.5 Å². The van der Waals surface area contributed by atoms with E-state index in [-0.39, 0.29) is 8.67 Å². The molecule has 0 saturated carbocycles. The summed E-state index contributed by atoms with van der Waals surface area (Å²) in [5.74, 6) is -5.83. The molecule has 124 valence electrons. The van der Waals surface area contributed by atoms with Gasteiger partial charge < -0.3 is 5.11 Å². The molecule has 0 aromatic carbocycles. The van der Waals surface area contributed by atoms with Gasteiger partial charge in [0.15, 0.2) is 0 Å². The van der Waals surface area contributed by atoms with Crippen molar-refractivity contribution in [1.82, 2.24) is 4.31 Å². The van der Waals surface area contributed by atoms with Crippen molar-refractivity contribution in [1.29, 1.82) is 0 Å². The molecule has 1 N–H and O–H groups in total. The maximum absolute atomic E-state index is 12.9. The number of halogens is 5. The van der Waals surface area contributed by atoms with Gasteiger partial charge in [-0.25, -0.2) is 8.42 Å². The zero-order chi connectivity index (χ0) is 16.9. The molecule has 1 saturated heterocycles. The van der Waals surface area contributed by atoms with E-state index in [4.69, 9.17) is 28.3 Å². The summed E-state index contributed by atoms with van der Waals surface area (Å²) in [7, 11) is -4.34. The molecule has 0 aliphatic carbocycles. The molecule has 1 aromatic rings. The maximum atomic E-state index is 12.9. The second-order valence-electron chi connectivity index (χ2n) is 4.60. The SMILES string of the molecule is O=C(O)[C@@H]1CN(S(=O)(=O)c2cc(Cl)sc2Cl)C[C@H]1C(F)(F)F. The van der Waals surface area contributed by atoms with E-state index >= 15 is 0 Å². The van der Waals surface area contributed by atoms with Gasteiger partial charge in [0, 0.05) is 13.1 Å². The number of aliphatic carboxylic acids is 1. The molecule has 1 aliphatic rings. The highest BCUT2D eigenvalue weighted by Gasteiger charge is 2.55. The monoisotopic (exact) mass is 397 g/mol. The quantitative estimate of drug-likeness (QED) is 0.850. The smallest absolute Gasteiger partial charge is 0.393 e. The van der Waals surface area contributed by atoms with E-state index in [1.807, 2.05) is 0 Å². The Bertz CT molecular complexity index is 704. The Hall–Kier alpha value is -0.550. The van der Waals surface area contributed by atoms with E-state index in [9.17, 15) is 26.4 Å². The Morgan fingerprint density at radius 1 is 1.36 bits per heavy atom. The predicted octanol–water partition coefficient (Wildman–Crippen LogP) is 2.94. The van der Waals surface area contributed by atoms with Crippen molar-refractivity contribution in [2.24, 2.45) is 11.8 Å². The summed E-state index contributed by atoms with van der Waals surface area (Å²) in [5, 5.41) is 8.89. The van der Waals surface area contributed by atoms with E-state index in [2.05, 4.69) is 0 Å². The first kappa shape index (κ1) is 17.8. The van der Waals surface area contributed by atoms with Gasteiger partial charge in [-0.05, 0) is 6.07 Å². The lowest BCUT2D eigenvalue weighted by atomic mass is 9.96. The normalized spacial score (nSPS) is 23.9. The lowest BCUT2D eigenvalue weighted by Gasteiger charge is -2.18.